The monoisotopic (exact) mass is 286 g/mol. The summed E-state index contributed by atoms with van der Waals surface area (Å²) in [5.41, 5.74) is -2.19. The zero-order valence-electron chi connectivity index (χ0n) is 12.3. The average Bonchev–Trinajstić information content (AvgIpc) is 2.28. The van der Waals surface area contributed by atoms with E-state index in [1.165, 1.54) is 6.92 Å². The number of carbonyl (C=O) groups excluding carboxylic acids is 2. The van der Waals surface area contributed by atoms with Crippen molar-refractivity contribution in [3.8, 4) is 0 Å². The van der Waals surface area contributed by atoms with Gasteiger partial charge < -0.3 is 20.5 Å². The molecule has 114 valence electrons. The number of alkyl carbamates (subject to hydrolysis) is 1. The molecule has 1 aliphatic heterocycles. The van der Waals surface area contributed by atoms with Crippen molar-refractivity contribution in [3.05, 3.63) is 0 Å². The van der Waals surface area contributed by atoms with Crippen LogP contribution in [0.15, 0.2) is 0 Å². The second-order valence-corrected chi connectivity index (χ2v) is 6.02. The molecule has 20 heavy (non-hydrogen) atoms. The molecule has 1 aliphatic rings. The Morgan fingerprint density at radius 3 is 2.50 bits per heavy atom. The normalized spacial score (nSPS) is 24.5. The molecule has 2 amide bonds. The minimum absolute atomic E-state index is 0.269. The number of amides is 2. The summed E-state index contributed by atoms with van der Waals surface area (Å²) in [5.74, 6) is -2.67. The van der Waals surface area contributed by atoms with Gasteiger partial charge in [-0.05, 0) is 40.5 Å². The molecular weight excluding hydrogens is 264 g/mol. The van der Waals surface area contributed by atoms with Crippen LogP contribution in [-0.4, -0.2) is 40.8 Å². The van der Waals surface area contributed by atoms with E-state index in [0.29, 0.717) is 13.0 Å². The fraction of sp³-hybridized carbons (Fsp3) is 0.769. The summed E-state index contributed by atoms with van der Waals surface area (Å²) >= 11 is 0. The number of aliphatic carboxylic acids is 1. The van der Waals surface area contributed by atoms with Crippen molar-refractivity contribution < 1.29 is 24.2 Å². The lowest BCUT2D eigenvalue weighted by molar-refractivity contribution is -0.149. The van der Waals surface area contributed by atoms with E-state index in [1.54, 1.807) is 20.8 Å². The molecule has 0 aliphatic carbocycles. The fourth-order valence-electron chi connectivity index (χ4n) is 2.18. The van der Waals surface area contributed by atoms with Crippen LogP contribution >= 0.6 is 0 Å². The van der Waals surface area contributed by atoms with Crippen LogP contribution in [0.25, 0.3) is 0 Å². The van der Waals surface area contributed by atoms with Gasteiger partial charge in [-0.2, -0.15) is 0 Å². The summed E-state index contributed by atoms with van der Waals surface area (Å²) in [5, 5.41) is 14.3. The first-order valence-corrected chi connectivity index (χ1v) is 6.61. The van der Waals surface area contributed by atoms with Gasteiger partial charge in [0.15, 0.2) is 0 Å². The van der Waals surface area contributed by atoms with E-state index >= 15 is 0 Å². The predicted molar refractivity (Wildman–Crippen MR) is 71.1 cm³/mol. The Labute approximate surface area is 118 Å². The van der Waals surface area contributed by atoms with E-state index in [-0.39, 0.29) is 6.42 Å². The van der Waals surface area contributed by atoms with Crippen LogP contribution in [0.3, 0.4) is 0 Å². The molecule has 1 heterocycles. The molecule has 0 radical (unpaired) electrons. The highest BCUT2D eigenvalue weighted by Crippen LogP contribution is 2.27. The van der Waals surface area contributed by atoms with Crippen LogP contribution in [-0.2, 0) is 14.3 Å². The fourth-order valence-corrected chi connectivity index (χ4v) is 2.18. The van der Waals surface area contributed by atoms with Crippen LogP contribution in [0.2, 0.25) is 0 Å². The van der Waals surface area contributed by atoms with Gasteiger partial charge in [0.2, 0.25) is 5.91 Å². The van der Waals surface area contributed by atoms with Crippen LogP contribution in [0.4, 0.5) is 4.79 Å². The zero-order chi connectivity index (χ0) is 15.6. The summed E-state index contributed by atoms with van der Waals surface area (Å²) in [6, 6.07) is 0. The number of piperidine rings is 1. The van der Waals surface area contributed by atoms with Gasteiger partial charge in [0.05, 0.1) is 5.92 Å². The van der Waals surface area contributed by atoms with Gasteiger partial charge >= 0.3 is 12.1 Å². The maximum absolute atomic E-state index is 12.1. The number of ether oxygens (including phenoxy) is 1. The van der Waals surface area contributed by atoms with Gasteiger partial charge in [0.1, 0.15) is 11.1 Å². The minimum Gasteiger partial charge on any atom is -0.481 e. The minimum atomic E-state index is -1.47. The van der Waals surface area contributed by atoms with Gasteiger partial charge in [0.25, 0.3) is 0 Å². The van der Waals surface area contributed by atoms with Crippen molar-refractivity contribution in [1.29, 1.82) is 0 Å². The highest BCUT2D eigenvalue weighted by molar-refractivity contribution is 5.95. The lowest BCUT2D eigenvalue weighted by atomic mass is 9.78. The quantitative estimate of drug-likeness (QED) is 0.714. The summed E-state index contributed by atoms with van der Waals surface area (Å²) < 4.78 is 5.12. The van der Waals surface area contributed by atoms with Crippen LogP contribution in [0.5, 0.6) is 0 Å². The van der Waals surface area contributed by atoms with Gasteiger partial charge in [-0.25, -0.2) is 4.79 Å². The SMILES string of the molecule is C[C@@H](C(=O)O)[C@@]1(NC(=O)OC(C)(C)C)CCCNC1=O. The van der Waals surface area contributed by atoms with Crippen molar-refractivity contribution in [3.63, 3.8) is 0 Å². The highest BCUT2D eigenvalue weighted by atomic mass is 16.6. The second-order valence-electron chi connectivity index (χ2n) is 6.02. The molecule has 1 rings (SSSR count). The van der Waals surface area contributed by atoms with E-state index in [9.17, 15) is 19.5 Å². The highest BCUT2D eigenvalue weighted by Gasteiger charge is 2.50. The number of rotatable bonds is 3. The maximum Gasteiger partial charge on any atom is 0.408 e. The second kappa shape index (κ2) is 5.68. The van der Waals surface area contributed by atoms with Crippen LogP contribution in [0, 0.1) is 5.92 Å². The molecular formula is C13H22N2O5. The largest absolute Gasteiger partial charge is 0.481 e. The Kier molecular flexibility index (Phi) is 4.62. The molecule has 0 unspecified atom stereocenters. The van der Waals surface area contributed by atoms with Crippen LogP contribution in [0.1, 0.15) is 40.5 Å². The maximum atomic E-state index is 12.1. The third-order valence-corrected chi connectivity index (χ3v) is 3.27. The van der Waals surface area contributed by atoms with Crippen molar-refractivity contribution in [2.24, 2.45) is 5.92 Å². The van der Waals surface area contributed by atoms with E-state index in [4.69, 9.17) is 4.74 Å². The van der Waals surface area contributed by atoms with Gasteiger partial charge in [-0.3, -0.25) is 9.59 Å². The van der Waals surface area contributed by atoms with Crippen molar-refractivity contribution in [2.75, 3.05) is 6.54 Å². The molecule has 7 nitrogen and oxygen atoms in total. The van der Waals surface area contributed by atoms with Crippen LogP contribution < -0.4 is 10.6 Å². The smallest absolute Gasteiger partial charge is 0.408 e. The summed E-state index contributed by atoms with van der Waals surface area (Å²) in [7, 11) is 0. The third-order valence-electron chi connectivity index (χ3n) is 3.27. The Balaban J connectivity index is 2.97. The Hall–Kier alpha value is -1.79. The number of nitrogens with one attached hydrogen (secondary N) is 2. The van der Waals surface area contributed by atoms with Crippen molar-refractivity contribution in [2.45, 2.75) is 51.7 Å². The number of carboxylic acid groups (broad SMARTS) is 1. The summed E-state index contributed by atoms with van der Waals surface area (Å²) in [6.07, 6.45) is 0.0766. The molecule has 0 saturated carbocycles. The standard InChI is InChI=1S/C13H22N2O5/c1-8(9(16)17)13(6-5-7-14-10(13)18)15-11(19)20-12(2,3)4/h8H,5-7H2,1-4H3,(H,14,18)(H,15,19)(H,16,17)/t8-,13-/m0/s1. The Morgan fingerprint density at radius 1 is 1.45 bits per heavy atom. The van der Waals surface area contributed by atoms with E-state index in [0.717, 1.165) is 0 Å². The summed E-state index contributed by atoms with van der Waals surface area (Å²) in [6.45, 7) is 6.97. The molecule has 0 aromatic carbocycles. The third kappa shape index (κ3) is 3.61. The van der Waals surface area contributed by atoms with Gasteiger partial charge in [0, 0.05) is 6.54 Å². The molecule has 0 aromatic rings. The number of hydrogen-bond acceptors (Lipinski definition) is 4. The van der Waals surface area contributed by atoms with Gasteiger partial charge in [-0.15, -0.1) is 0 Å². The molecule has 0 spiro atoms. The predicted octanol–water partition coefficient (Wildman–Crippen LogP) is 0.881. The molecule has 1 fully saturated rings. The molecule has 7 heteroatoms. The first-order chi connectivity index (χ1) is 9.08. The topological polar surface area (TPSA) is 105 Å². The number of carboxylic acids is 1. The first-order valence-electron chi connectivity index (χ1n) is 6.61. The molecule has 2 atom stereocenters. The van der Waals surface area contributed by atoms with E-state index < -0.39 is 35.0 Å². The number of carbonyl (C=O) groups is 3. The first kappa shape index (κ1) is 16.3. The molecule has 0 aromatic heterocycles. The van der Waals surface area contributed by atoms with Gasteiger partial charge in [-0.1, -0.05) is 0 Å². The lowest BCUT2D eigenvalue weighted by Crippen LogP contribution is -2.66. The Morgan fingerprint density at radius 2 is 2.05 bits per heavy atom. The molecule has 1 saturated heterocycles. The zero-order valence-corrected chi connectivity index (χ0v) is 12.3. The molecule has 0 bridgehead atoms. The lowest BCUT2D eigenvalue weighted by Gasteiger charge is -2.39. The average molecular weight is 286 g/mol. The van der Waals surface area contributed by atoms with Crippen molar-refractivity contribution in [1.82, 2.24) is 10.6 Å². The van der Waals surface area contributed by atoms with E-state index in [2.05, 4.69) is 10.6 Å². The molecule has 3 N–H and O–H groups in total. The van der Waals surface area contributed by atoms with E-state index in [1.807, 2.05) is 0 Å². The van der Waals surface area contributed by atoms with Crippen molar-refractivity contribution >= 4 is 18.0 Å². The summed E-state index contributed by atoms with van der Waals surface area (Å²) in [4.78, 5) is 35.3. The Bertz CT molecular complexity index is 415. The number of hydrogen-bond donors (Lipinski definition) is 3.